The van der Waals surface area contributed by atoms with Gasteiger partial charge in [-0.3, -0.25) is 10.2 Å². The van der Waals surface area contributed by atoms with Crippen molar-refractivity contribution < 1.29 is 18.3 Å². The first-order chi connectivity index (χ1) is 10.8. The molecule has 0 aliphatic carbocycles. The number of hydrogen-bond donors (Lipinski definition) is 2. The van der Waals surface area contributed by atoms with Gasteiger partial charge in [0, 0.05) is 38.8 Å². The van der Waals surface area contributed by atoms with Crippen molar-refractivity contribution >= 4 is 0 Å². The number of halogens is 3. The molecule has 1 fully saturated rings. The molecule has 1 saturated heterocycles. The largest absolute Gasteiger partial charge is 0.427 e. The molecule has 0 spiro atoms. The molecule has 1 aliphatic heterocycles. The third-order valence-electron chi connectivity index (χ3n) is 4.20. The van der Waals surface area contributed by atoms with E-state index in [0.717, 1.165) is 43.9 Å². The first-order valence-electron chi connectivity index (χ1n) is 7.76. The van der Waals surface area contributed by atoms with Crippen molar-refractivity contribution in [3.05, 3.63) is 35.4 Å². The summed E-state index contributed by atoms with van der Waals surface area (Å²) < 4.78 is 37.1. The molecule has 1 aliphatic rings. The monoisotopic (exact) mass is 331 g/mol. The summed E-state index contributed by atoms with van der Waals surface area (Å²) in [6, 6.07) is 6.92. The van der Waals surface area contributed by atoms with Crippen molar-refractivity contribution in [3.8, 4) is 0 Å². The normalized spacial score (nSPS) is 20.4. The Morgan fingerprint density at radius 1 is 1.13 bits per heavy atom. The minimum atomic E-state index is -4.66. The van der Waals surface area contributed by atoms with Crippen LogP contribution in [0.15, 0.2) is 24.3 Å². The van der Waals surface area contributed by atoms with Crippen LogP contribution in [0.4, 0.5) is 13.2 Å². The van der Waals surface area contributed by atoms with Crippen LogP contribution in [0.25, 0.3) is 0 Å². The molecule has 1 heterocycles. The van der Waals surface area contributed by atoms with Crippen LogP contribution in [0, 0.1) is 0 Å². The van der Waals surface area contributed by atoms with Crippen LogP contribution in [-0.4, -0.2) is 60.5 Å². The quantitative estimate of drug-likeness (QED) is 0.809. The van der Waals surface area contributed by atoms with Gasteiger partial charge in [0.15, 0.2) is 0 Å². The maximum atomic E-state index is 12.4. The smallest absolute Gasteiger partial charge is 0.370 e. The molecule has 1 aromatic rings. The van der Waals surface area contributed by atoms with Crippen LogP contribution in [0.2, 0.25) is 0 Å². The van der Waals surface area contributed by atoms with E-state index in [1.807, 2.05) is 24.3 Å². The van der Waals surface area contributed by atoms with E-state index in [4.69, 9.17) is 5.11 Å². The Hall–Kier alpha value is -1.15. The fourth-order valence-electron chi connectivity index (χ4n) is 2.60. The van der Waals surface area contributed by atoms with Gasteiger partial charge in [0.25, 0.3) is 0 Å². The maximum Gasteiger partial charge on any atom is 0.427 e. The lowest BCUT2D eigenvalue weighted by Crippen LogP contribution is -2.43. The van der Waals surface area contributed by atoms with E-state index in [2.05, 4.69) is 22.2 Å². The second kappa shape index (κ2) is 7.61. The van der Waals surface area contributed by atoms with E-state index in [1.165, 1.54) is 0 Å². The van der Waals surface area contributed by atoms with Crippen LogP contribution in [0.3, 0.4) is 0 Å². The Morgan fingerprint density at radius 3 is 2.22 bits per heavy atom. The standard InChI is InChI=1S/C16H24F3N3O/c1-12(20-15(23)16(17,18)19)14-5-3-13(4-6-14)11-22-9-7-21(2)8-10-22/h3-6,12,15,20,23H,7-11H2,1-2H3/t12-,15?/m1/s1. The first-order valence-corrected chi connectivity index (χ1v) is 7.76. The highest BCUT2D eigenvalue weighted by molar-refractivity contribution is 5.24. The molecule has 1 aromatic carbocycles. The molecule has 23 heavy (non-hydrogen) atoms. The van der Waals surface area contributed by atoms with Gasteiger partial charge < -0.3 is 10.0 Å². The molecule has 0 aromatic heterocycles. The summed E-state index contributed by atoms with van der Waals surface area (Å²) in [5.41, 5.74) is 1.86. The van der Waals surface area contributed by atoms with Crippen LogP contribution < -0.4 is 5.32 Å². The van der Waals surface area contributed by atoms with Gasteiger partial charge in [-0.15, -0.1) is 0 Å². The van der Waals surface area contributed by atoms with Gasteiger partial charge in [0.05, 0.1) is 0 Å². The average Bonchev–Trinajstić information content (AvgIpc) is 2.49. The van der Waals surface area contributed by atoms with E-state index in [0.29, 0.717) is 0 Å². The molecule has 0 amide bonds. The van der Waals surface area contributed by atoms with Crippen molar-refractivity contribution in [3.63, 3.8) is 0 Å². The lowest BCUT2D eigenvalue weighted by molar-refractivity contribution is -0.215. The molecule has 0 saturated carbocycles. The van der Waals surface area contributed by atoms with Gasteiger partial charge >= 0.3 is 6.18 Å². The number of nitrogens with zero attached hydrogens (tertiary/aromatic N) is 2. The van der Waals surface area contributed by atoms with E-state index in [9.17, 15) is 13.2 Å². The molecule has 0 radical (unpaired) electrons. The SMILES string of the molecule is C[C@@H](NC(O)C(F)(F)F)c1ccc(CN2CCN(C)CC2)cc1. The topological polar surface area (TPSA) is 38.7 Å². The molecule has 4 nitrogen and oxygen atoms in total. The lowest BCUT2D eigenvalue weighted by atomic mass is 10.1. The number of piperazine rings is 1. The molecule has 2 rings (SSSR count). The molecule has 0 bridgehead atoms. The van der Waals surface area contributed by atoms with Crippen molar-refractivity contribution in [1.29, 1.82) is 0 Å². The third kappa shape index (κ3) is 5.46. The van der Waals surface area contributed by atoms with Crippen LogP contribution in [0.1, 0.15) is 24.1 Å². The summed E-state index contributed by atoms with van der Waals surface area (Å²) in [5, 5.41) is 11.2. The van der Waals surface area contributed by atoms with Crippen molar-refractivity contribution in [2.45, 2.75) is 31.9 Å². The van der Waals surface area contributed by atoms with Gasteiger partial charge in [-0.25, -0.2) is 0 Å². The minimum Gasteiger partial charge on any atom is -0.370 e. The van der Waals surface area contributed by atoms with Gasteiger partial charge in [-0.2, -0.15) is 13.2 Å². The fraction of sp³-hybridized carbons (Fsp3) is 0.625. The molecule has 1 unspecified atom stereocenters. The van der Waals surface area contributed by atoms with Gasteiger partial charge in [-0.1, -0.05) is 24.3 Å². The summed E-state index contributed by atoms with van der Waals surface area (Å²) in [6.07, 6.45) is -7.17. The molecular formula is C16H24F3N3O. The molecule has 2 atom stereocenters. The lowest BCUT2D eigenvalue weighted by Gasteiger charge is -2.32. The summed E-state index contributed by atoms with van der Waals surface area (Å²) in [7, 11) is 2.11. The number of benzene rings is 1. The van der Waals surface area contributed by atoms with E-state index < -0.39 is 18.4 Å². The minimum absolute atomic E-state index is 0.579. The number of likely N-dealkylation sites (N-methyl/N-ethyl adjacent to an activating group) is 1. The van der Waals surface area contributed by atoms with Crippen LogP contribution in [0.5, 0.6) is 0 Å². The van der Waals surface area contributed by atoms with Crippen molar-refractivity contribution in [2.24, 2.45) is 0 Å². The van der Waals surface area contributed by atoms with Gasteiger partial charge in [0.1, 0.15) is 0 Å². The Kier molecular flexibility index (Phi) is 6.02. The second-order valence-corrected chi connectivity index (χ2v) is 6.15. The molecule has 130 valence electrons. The summed E-state index contributed by atoms with van der Waals surface area (Å²) in [6.45, 7) is 6.59. The average molecular weight is 331 g/mol. The molecule has 7 heteroatoms. The molecule has 2 N–H and O–H groups in total. The first kappa shape index (κ1) is 18.2. The third-order valence-corrected chi connectivity index (χ3v) is 4.20. The highest BCUT2D eigenvalue weighted by Crippen LogP contribution is 2.22. The Labute approximate surface area is 134 Å². The number of rotatable bonds is 5. The Morgan fingerprint density at radius 2 is 1.70 bits per heavy atom. The number of aliphatic hydroxyl groups excluding tert-OH is 1. The van der Waals surface area contributed by atoms with E-state index in [1.54, 1.807) is 6.92 Å². The predicted octanol–water partition coefficient (Wildman–Crippen LogP) is 1.97. The van der Waals surface area contributed by atoms with Crippen molar-refractivity contribution in [1.82, 2.24) is 15.1 Å². The summed E-state index contributed by atoms with van der Waals surface area (Å²) in [5.74, 6) is 0. The zero-order valence-electron chi connectivity index (χ0n) is 13.5. The number of nitrogens with one attached hydrogen (secondary N) is 1. The summed E-state index contributed by atoms with van der Waals surface area (Å²) >= 11 is 0. The maximum absolute atomic E-state index is 12.4. The van der Waals surface area contributed by atoms with Crippen LogP contribution in [-0.2, 0) is 6.54 Å². The van der Waals surface area contributed by atoms with E-state index in [-0.39, 0.29) is 0 Å². The van der Waals surface area contributed by atoms with E-state index >= 15 is 0 Å². The predicted molar refractivity (Wildman–Crippen MR) is 82.8 cm³/mol. The number of aliphatic hydroxyl groups is 1. The van der Waals surface area contributed by atoms with Crippen molar-refractivity contribution in [2.75, 3.05) is 33.2 Å². The second-order valence-electron chi connectivity index (χ2n) is 6.15. The highest BCUT2D eigenvalue weighted by Gasteiger charge is 2.38. The van der Waals surface area contributed by atoms with Gasteiger partial charge in [-0.05, 0) is 25.1 Å². The summed E-state index contributed by atoms with van der Waals surface area (Å²) in [4.78, 5) is 4.66. The van der Waals surface area contributed by atoms with Crippen LogP contribution >= 0.6 is 0 Å². The zero-order chi connectivity index (χ0) is 17.0. The number of alkyl halides is 3. The van der Waals surface area contributed by atoms with Gasteiger partial charge in [0.2, 0.25) is 6.23 Å². The number of hydrogen-bond acceptors (Lipinski definition) is 4. The zero-order valence-corrected chi connectivity index (χ0v) is 13.5. The Balaban J connectivity index is 1.88. The Bertz CT molecular complexity index is 484. The highest BCUT2D eigenvalue weighted by atomic mass is 19.4. The fourth-order valence-corrected chi connectivity index (χ4v) is 2.60. The molecular weight excluding hydrogens is 307 g/mol.